The quantitative estimate of drug-likeness (QED) is 0.732. The van der Waals surface area contributed by atoms with E-state index < -0.39 is 0 Å². The number of fused-ring (bicyclic) bond motifs is 1. The predicted molar refractivity (Wildman–Crippen MR) is 58.9 cm³/mol. The molecule has 2 aliphatic heterocycles. The van der Waals surface area contributed by atoms with Crippen LogP contribution in [-0.4, -0.2) is 29.6 Å². The summed E-state index contributed by atoms with van der Waals surface area (Å²) in [4.78, 5) is 11.4. The van der Waals surface area contributed by atoms with Crippen molar-refractivity contribution in [1.82, 2.24) is 15.3 Å². The maximum Gasteiger partial charge on any atom is 0.225 e. The molecule has 1 aromatic rings. The summed E-state index contributed by atoms with van der Waals surface area (Å²) in [6.45, 7) is 4.19. The van der Waals surface area contributed by atoms with E-state index >= 15 is 0 Å². The molecule has 1 fully saturated rings. The number of nitrogens with zero attached hydrogens (tertiary/aromatic N) is 3. The van der Waals surface area contributed by atoms with Gasteiger partial charge in [0.25, 0.3) is 0 Å². The van der Waals surface area contributed by atoms with Crippen molar-refractivity contribution in [2.24, 2.45) is 0 Å². The maximum absolute atomic E-state index is 4.65. The van der Waals surface area contributed by atoms with Crippen molar-refractivity contribution in [1.29, 1.82) is 0 Å². The molecule has 1 saturated heterocycles. The van der Waals surface area contributed by atoms with Gasteiger partial charge in [-0.1, -0.05) is 0 Å². The Morgan fingerprint density at radius 3 is 3.00 bits per heavy atom. The summed E-state index contributed by atoms with van der Waals surface area (Å²) in [5.74, 6) is 0.926. The zero-order chi connectivity index (χ0) is 10.1. The first-order chi connectivity index (χ1) is 7.43. The molecule has 4 heteroatoms. The first kappa shape index (κ1) is 9.09. The highest BCUT2D eigenvalue weighted by atomic mass is 15.3. The summed E-state index contributed by atoms with van der Waals surface area (Å²) in [5.41, 5.74) is 2.51. The number of hydrogen-bond acceptors (Lipinski definition) is 4. The van der Waals surface area contributed by atoms with Crippen LogP contribution in [0.1, 0.15) is 24.1 Å². The molecule has 0 bridgehead atoms. The summed E-state index contributed by atoms with van der Waals surface area (Å²) in [6, 6.07) is 0. The molecule has 0 aliphatic carbocycles. The second kappa shape index (κ2) is 3.77. The Balaban J connectivity index is 1.89. The van der Waals surface area contributed by atoms with Crippen LogP contribution in [-0.2, 0) is 13.0 Å². The zero-order valence-corrected chi connectivity index (χ0v) is 8.87. The fourth-order valence-corrected chi connectivity index (χ4v) is 2.29. The van der Waals surface area contributed by atoms with E-state index in [2.05, 4.69) is 20.2 Å². The molecule has 1 aromatic heterocycles. The number of anilines is 1. The number of hydrogen-bond donors (Lipinski definition) is 1. The minimum atomic E-state index is 0.901. The van der Waals surface area contributed by atoms with E-state index in [9.17, 15) is 0 Å². The van der Waals surface area contributed by atoms with Crippen molar-refractivity contribution in [3.63, 3.8) is 0 Å². The molecule has 0 saturated carbocycles. The van der Waals surface area contributed by atoms with Crippen molar-refractivity contribution in [2.45, 2.75) is 25.8 Å². The van der Waals surface area contributed by atoms with Gasteiger partial charge in [0.05, 0.1) is 5.69 Å². The predicted octanol–water partition coefficient (Wildman–Crippen LogP) is 0.722. The fourth-order valence-electron chi connectivity index (χ4n) is 2.29. The van der Waals surface area contributed by atoms with Crippen LogP contribution < -0.4 is 10.2 Å². The van der Waals surface area contributed by atoms with Crippen molar-refractivity contribution in [3.8, 4) is 0 Å². The Labute approximate surface area is 89.7 Å². The lowest BCUT2D eigenvalue weighted by Crippen LogP contribution is -2.27. The van der Waals surface area contributed by atoms with Gasteiger partial charge in [0.2, 0.25) is 5.95 Å². The summed E-state index contributed by atoms with van der Waals surface area (Å²) < 4.78 is 0. The van der Waals surface area contributed by atoms with Crippen LogP contribution in [0, 0.1) is 0 Å². The molecule has 2 aliphatic rings. The fraction of sp³-hybridized carbons (Fsp3) is 0.636. The summed E-state index contributed by atoms with van der Waals surface area (Å²) in [7, 11) is 0. The Hall–Kier alpha value is -1.16. The molecule has 0 radical (unpaired) electrons. The molecule has 0 atom stereocenters. The van der Waals surface area contributed by atoms with Crippen molar-refractivity contribution < 1.29 is 0 Å². The third kappa shape index (κ3) is 1.69. The van der Waals surface area contributed by atoms with Gasteiger partial charge in [0.1, 0.15) is 0 Å². The molecule has 80 valence electrons. The number of nitrogens with one attached hydrogen (secondary N) is 1. The molecule has 0 spiro atoms. The van der Waals surface area contributed by atoms with Crippen molar-refractivity contribution in [3.05, 3.63) is 17.5 Å². The van der Waals surface area contributed by atoms with Gasteiger partial charge in [0.15, 0.2) is 0 Å². The van der Waals surface area contributed by atoms with Crippen molar-refractivity contribution >= 4 is 5.95 Å². The summed E-state index contributed by atoms with van der Waals surface area (Å²) >= 11 is 0. The minimum absolute atomic E-state index is 0.901. The van der Waals surface area contributed by atoms with Gasteiger partial charge in [-0.3, -0.25) is 0 Å². The first-order valence-electron chi connectivity index (χ1n) is 5.74. The third-order valence-corrected chi connectivity index (χ3v) is 3.19. The standard InChI is InChI=1S/C11H16N4/c1-2-6-15(5-1)11-13-7-9-3-4-12-8-10(9)14-11/h7,12H,1-6,8H2. The molecular formula is C11H16N4. The topological polar surface area (TPSA) is 41.1 Å². The van der Waals surface area contributed by atoms with Crippen LogP contribution in [0.4, 0.5) is 5.95 Å². The van der Waals surface area contributed by atoms with E-state index in [1.807, 2.05) is 6.20 Å². The summed E-state index contributed by atoms with van der Waals surface area (Å²) in [5, 5.41) is 3.35. The van der Waals surface area contributed by atoms with E-state index in [0.717, 1.165) is 38.5 Å². The molecule has 1 N–H and O–H groups in total. The van der Waals surface area contributed by atoms with Gasteiger partial charge in [-0.15, -0.1) is 0 Å². The lowest BCUT2D eigenvalue weighted by Gasteiger charge is -2.20. The van der Waals surface area contributed by atoms with E-state index in [1.165, 1.54) is 24.1 Å². The normalized spacial score (nSPS) is 20.4. The van der Waals surface area contributed by atoms with E-state index in [-0.39, 0.29) is 0 Å². The second-order valence-electron chi connectivity index (χ2n) is 4.26. The number of aromatic nitrogens is 2. The van der Waals surface area contributed by atoms with E-state index in [1.54, 1.807) is 0 Å². The minimum Gasteiger partial charge on any atom is -0.341 e. The second-order valence-corrected chi connectivity index (χ2v) is 4.26. The van der Waals surface area contributed by atoms with Gasteiger partial charge < -0.3 is 10.2 Å². The lowest BCUT2D eigenvalue weighted by atomic mass is 10.1. The molecular weight excluding hydrogens is 188 g/mol. The molecule has 0 aromatic carbocycles. The molecule has 15 heavy (non-hydrogen) atoms. The average Bonchev–Trinajstić information content (AvgIpc) is 2.82. The Morgan fingerprint density at radius 1 is 1.27 bits per heavy atom. The molecule has 4 nitrogen and oxygen atoms in total. The van der Waals surface area contributed by atoms with Gasteiger partial charge in [-0.2, -0.15) is 0 Å². The highest BCUT2D eigenvalue weighted by molar-refractivity contribution is 5.35. The van der Waals surface area contributed by atoms with Gasteiger partial charge >= 0.3 is 0 Å². The lowest BCUT2D eigenvalue weighted by molar-refractivity contribution is 0.621. The number of rotatable bonds is 1. The average molecular weight is 204 g/mol. The monoisotopic (exact) mass is 204 g/mol. The zero-order valence-electron chi connectivity index (χ0n) is 8.87. The van der Waals surface area contributed by atoms with E-state index in [0.29, 0.717) is 0 Å². The van der Waals surface area contributed by atoms with Crippen LogP contribution >= 0.6 is 0 Å². The third-order valence-electron chi connectivity index (χ3n) is 3.19. The first-order valence-corrected chi connectivity index (χ1v) is 5.74. The van der Waals surface area contributed by atoms with Gasteiger partial charge in [-0.25, -0.2) is 9.97 Å². The van der Waals surface area contributed by atoms with E-state index in [4.69, 9.17) is 0 Å². The van der Waals surface area contributed by atoms with Crippen LogP contribution in [0.2, 0.25) is 0 Å². The van der Waals surface area contributed by atoms with Crippen molar-refractivity contribution in [2.75, 3.05) is 24.5 Å². The van der Waals surface area contributed by atoms with Gasteiger partial charge in [0, 0.05) is 25.8 Å². The Morgan fingerprint density at radius 2 is 2.13 bits per heavy atom. The molecule has 3 heterocycles. The highest BCUT2D eigenvalue weighted by Gasteiger charge is 2.17. The maximum atomic E-state index is 4.65. The van der Waals surface area contributed by atoms with Crippen LogP contribution in [0.15, 0.2) is 6.20 Å². The molecule has 0 amide bonds. The highest BCUT2D eigenvalue weighted by Crippen LogP contribution is 2.18. The van der Waals surface area contributed by atoms with Crippen LogP contribution in [0.25, 0.3) is 0 Å². The van der Waals surface area contributed by atoms with Crippen LogP contribution in [0.5, 0.6) is 0 Å². The summed E-state index contributed by atoms with van der Waals surface area (Å²) in [6.07, 6.45) is 5.63. The SMILES string of the molecule is c1nc(N2CCCC2)nc2c1CCNC2. The van der Waals surface area contributed by atoms with Crippen LogP contribution in [0.3, 0.4) is 0 Å². The Bertz CT molecular complexity index is 358. The molecule has 0 unspecified atom stereocenters. The van der Waals surface area contributed by atoms with Gasteiger partial charge in [-0.05, 0) is 31.4 Å². The smallest absolute Gasteiger partial charge is 0.225 e. The largest absolute Gasteiger partial charge is 0.341 e. The molecule has 3 rings (SSSR count). The Kier molecular flexibility index (Phi) is 2.29.